The van der Waals surface area contributed by atoms with Crippen molar-refractivity contribution in [3.05, 3.63) is 61.9 Å². The zero-order valence-corrected chi connectivity index (χ0v) is 14.8. The first kappa shape index (κ1) is 18.2. The van der Waals surface area contributed by atoms with Gasteiger partial charge in [0.05, 0.1) is 21.6 Å². The number of nitro benzene ring substituents is 2. The van der Waals surface area contributed by atoms with Crippen molar-refractivity contribution in [1.29, 1.82) is 0 Å². The Bertz CT molecular complexity index is 1200. The lowest BCUT2D eigenvalue weighted by Crippen LogP contribution is -2.12. The predicted octanol–water partition coefficient (Wildman–Crippen LogP) is 3.81. The first-order chi connectivity index (χ1) is 13.8. The fraction of sp³-hybridized carbons (Fsp3) is 0.167. The molecule has 148 valence electrons. The number of aromatic hydroxyl groups is 2. The van der Waals surface area contributed by atoms with Crippen molar-refractivity contribution < 1.29 is 24.5 Å². The molecule has 11 heteroatoms. The van der Waals surface area contributed by atoms with Gasteiger partial charge in [-0.2, -0.15) is 5.10 Å². The molecule has 0 saturated carbocycles. The molecule has 0 unspecified atom stereocenters. The monoisotopic (exact) mass is 398 g/mol. The van der Waals surface area contributed by atoms with E-state index in [2.05, 4.69) is 10.5 Å². The second kappa shape index (κ2) is 6.78. The highest BCUT2D eigenvalue weighted by Gasteiger charge is 2.25. The van der Waals surface area contributed by atoms with E-state index in [4.69, 9.17) is 4.42 Å². The summed E-state index contributed by atoms with van der Waals surface area (Å²) in [6, 6.07) is 5.93. The first-order valence-electron chi connectivity index (χ1n) is 8.58. The molecule has 3 N–H and O–H groups in total. The van der Waals surface area contributed by atoms with Crippen molar-refractivity contribution in [3.63, 3.8) is 0 Å². The maximum Gasteiger partial charge on any atom is 0.301 e. The molecular weight excluding hydrogens is 384 g/mol. The van der Waals surface area contributed by atoms with Gasteiger partial charge in [0, 0.05) is 29.5 Å². The number of fused-ring (bicyclic) bond motifs is 3. The molecule has 0 aliphatic heterocycles. The molecule has 29 heavy (non-hydrogen) atoms. The third kappa shape index (κ3) is 3.18. The van der Waals surface area contributed by atoms with Crippen LogP contribution in [-0.2, 0) is 6.42 Å². The van der Waals surface area contributed by atoms with Crippen molar-refractivity contribution in [2.45, 2.75) is 19.3 Å². The van der Waals surface area contributed by atoms with E-state index < -0.39 is 21.2 Å². The molecule has 0 amide bonds. The van der Waals surface area contributed by atoms with E-state index in [1.165, 1.54) is 18.2 Å². The Kier molecular flexibility index (Phi) is 4.26. The number of aryl methyl sites for hydroxylation is 1. The number of phenolic OH excluding ortho intramolecular Hbond substituents is 2. The molecule has 0 saturated heterocycles. The fourth-order valence-electron chi connectivity index (χ4n) is 3.32. The maximum atomic E-state index is 11.3. The highest BCUT2D eigenvalue weighted by Crippen LogP contribution is 2.38. The number of hydrazone groups is 1. The van der Waals surface area contributed by atoms with Crippen LogP contribution < -0.4 is 5.43 Å². The van der Waals surface area contributed by atoms with Crippen LogP contribution in [0.1, 0.15) is 24.2 Å². The number of rotatable bonds is 4. The molecule has 1 aromatic heterocycles. The number of furan rings is 1. The average molecular weight is 398 g/mol. The van der Waals surface area contributed by atoms with E-state index in [-0.39, 0.29) is 17.2 Å². The minimum absolute atomic E-state index is 0.00788. The highest BCUT2D eigenvalue weighted by atomic mass is 16.6. The van der Waals surface area contributed by atoms with Crippen LogP contribution in [0.5, 0.6) is 11.5 Å². The van der Waals surface area contributed by atoms with E-state index in [1.54, 1.807) is 0 Å². The van der Waals surface area contributed by atoms with Gasteiger partial charge in [-0.05, 0) is 25.0 Å². The largest absolute Gasteiger partial charge is 0.504 e. The zero-order valence-electron chi connectivity index (χ0n) is 14.8. The van der Waals surface area contributed by atoms with Gasteiger partial charge in [0.1, 0.15) is 17.0 Å². The molecule has 0 spiro atoms. The van der Waals surface area contributed by atoms with Gasteiger partial charge >= 0.3 is 5.69 Å². The number of nitro groups is 2. The molecule has 2 aromatic carbocycles. The van der Waals surface area contributed by atoms with E-state index in [9.17, 15) is 30.4 Å². The predicted molar refractivity (Wildman–Crippen MR) is 102 cm³/mol. The molecule has 3 aromatic rings. The van der Waals surface area contributed by atoms with Crippen molar-refractivity contribution >= 4 is 33.7 Å². The van der Waals surface area contributed by atoms with Gasteiger partial charge in [-0.25, -0.2) is 0 Å². The Labute approximate surface area is 162 Å². The Balaban J connectivity index is 1.76. The summed E-state index contributed by atoms with van der Waals surface area (Å²) in [7, 11) is 0. The van der Waals surface area contributed by atoms with E-state index in [0.29, 0.717) is 40.8 Å². The van der Waals surface area contributed by atoms with E-state index in [1.807, 2.05) is 0 Å². The molecule has 0 fully saturated rings. The van der Waals surface area contributed by atoms with Gasteiger partial charge in [0.2, 0.25) is 0 Å². The molecule has 4 rings (SSSR count). The van der Waals surface area contributed by atoms with Gasteiger partial charge in [-0.1, -0.05) is 0 Å². The third-order valence-corrected chi connectivity index (χ3v) is 4.66. The molecule has 1 aliphatic carbocycles. The Morgan fingerprint density at radius 1 is 1.03 bits per heavy atom. The highest BCUT2D eigenvalue weighted by molar-refractivity contribution is 6.12. The van der Waals surface area contributed by atoms with Gasteiger partial charge < -0.3 is 14.6 Å². The topological polar surface area (TPSA) is 164 Å². The quantitative estimate of drug-likeness (QED) is 0.339. The third-order valence-electron chi connectivity index (χ3n) is 4.66. The van der Waals surface area contributed by atoms with Crippen LogP contribution in [0, 0.1) is 20.2 Å². The van der Waals surface area contributed by atoms with Gasteiger partial charge in [0.25, 0.3) is 5.69 Å². The fourth-order valence-corrected chi connectivity index (χ4v) is 3.32. The summed E-state index contributed by atoms with van der Waals surface area (Å²) < 4.78 is 5.75. The Morgan fingerprint density at radius 3 is 2.52 bits per heavy atom. The number of anilines is 1. The standard InChI is InChI=1S/C18H14N4O7/c23-14-7-10-17(8-15(14)24)29-16-3-1-2-12(18(10)16)20-19-11-5-4-9(21(25)26)6-13(11)22(27)28/h4-8,19,23-24H,1-3H2/b20-12+. The number of nitrogens with one attached hydrogen (secondary N) is 1. The average Bonchev–Trinajstić information content (AvgIpc) is 3.04. The smallest absolute Gasteiger partial charge is 0.301 e. The summed E-state index contributed by atoms with van der Waals surface area (Å²) in [6.07, 6.45) is 1.92. The SMILES string of the molecule is O=[N+]([O-])c1ccc(N/N=C2\CCCc3oc4cc(O)c(O)cc4c32)c([N+](=O)[O-])c1. The number of benzene rings is 2. The zero-order chi connectivity index (χ0) is 20.7. The van der Waals surface area contributed by atoms with Crippen molar-refractivity contribution in [3.8, 4) is 11.5 Å². The number of phenols is 2. The number of nitrogens with zero attached hydrogens (tertiary/aromatic N) is 3. The van der Waals surface area contributed by atoms with Gasteiger partial charge in [0.15, 0.2) is 11.5 Å². The second-order valence-electron chi connectivity index (χ2n) is 6.48. The van der Waals surface area contributed by atoms with Gasteiger partial charge in [-0.15, -0.1) is 0 Å². The van der Waals surface area contributed by atoms with E-state index in [0.717, 1.165) is 18.6 Å². The summed E-state index contributed by atoms with van der Waals surface area (Å²) in [5.41, 5.74) is 3.36. The van der Waals surface area contributed by atoms with Gasteiger partial charge in [-0.3, -0.25) is 25.7 Å². The maximum absolute atomic E-state index is 11.3. The summed E-state index contributed by atoms with van der Waals surface area (Å²) in [5.74, 6) is 0.0294. The van der Waals surface area contributed by atoms with Crippen LogP contribution in [0.15, 0.2) is 39.9 Å². The van der Waals surface area contributed by atoms with Crippen LogP contribution in [-0.4, -0.2) is 25.8 Å². The molecule has 1 aliphatic rings. The lowest BCUT2D eigenvalue weighted by molar-refractivity contribution is -0.393. The molecular formula is C18H14N4O7. The first-order valence-corrected chi connectivity index (χ1v) is 8.58. The van der Waals surface area contributed by atoms with Crippen LogP contribution in [0.2, 0.25) is 0 Å². The van der Waals surface area contributed by atoms with Crippen LogP contribution in [0.25, 0.3) is 11.0 Å². The van der Waals surface area contributed by atoms with Crippen LogP contribution in [0.4, 0.5) is 17.1 Å². The normalized spacial score (nSPS) is 14.7. The van der Waals surface area contributed by atoms with Crippen molar-refractivity contribution in [1.82, 2.24) is 0 Å². The summed E-state index contributed by atoms with van der Waals surface area (Å²) in [5, 5.41) is 46.5. The molecule has 0 bridgehead atoms. The van der Waals surface area contributed by atoms with Crippen molar-refractivity contribution in [2.24, 2.45) is 5.10 Å². The molecule has 0 atom stereocenters. The number of hydrogen-bond acceptors (Lipinski definition) is 9. The lowest BCUT2D eigenvalue weighted by atomic mass is 9.94. The molecule has 1 heterocycles. The molecule has 0 radical (unpaired) electrons. The van der Waals surface area contributed by atoms with Crippen LogP contribution >= 0.6 is 0 Å². The Hall–Kier alpha value is -4.15. The van der Waals surface area contributed by atoms with Crippen molar-refractivity contribution in [2.75, 3.05) is 5.43 Å². The number of hydrogen-bond donors (Lipinski definition) is 3. The number of non-ortho nitro benzene ring substituents is 1. The Morgan fingerprint density at radius 2 is 1.79 bits per heavy atom. The summed E-state index contributed by atoms with van der Waals surface area (Å²) in [6.45, 7) is 0. The van der Waals surface area contributed by atoms with Crippen LogP contribution in [0.3, 0.4) is 0 Å². The minimum atomic E-state index is -0.726. The summed E-state index contributed by atoms with van der Waals surface area (Å²) in [4.78, 5) is 20.7. The minimum Gasteiger partial charge on any atom is -0.504 e. The second-order valence-corrected chi connectivity index (χ2v) is 6.48. The summed E-state index contributed by atoms with van der Waals surface area (Å²) >= 11 is 0. The lowest BCUT2D eigenvalue weighted by Gasteiger charge is -2.13. The molecule has 11 nitrogen and oxygen atoms in total. The van der Waals surface area contributed by atoms with E-state index >= 15 is 0 Å².